The minimum Gasteiger partial charge on any atom is -0.357 e. The van der Waals surface area contributed by atoms with Gasteiger partial charge < -0.3 is 10.6 Å². The molecule has 6 nitrogen and oxygen atoms in total. The summed E-state index contributed by atoms with van der Waals surface area (Å²) in [6, 6.07) is 15.5. The van der Waals surface area contributed by atoms with Crippen LogP contribution < -0.4 is 15.4 Å². The maximum Gasteiger partial charge on any atom is 0.229 e. The van der Waals surface area contributed by atoms with E-state index in [1.807, 2.05) is 31.2 Å². The fraction of sp³-hybridized carbons (Fsp3) is 0.316. The highest BCUT2D eigenvalue weighted by atomic mass is 127. The SMILES string of the molecule is CCNC(=NCc1cccc(C)c1)NCc1ccccc1NS(C)(=O)=O.I. The third kappa shape index (κ3) is 8.61. The van der Waals surface area contributed by atoms with E-state index in [9.17, 15) is 8.42 Å². The highest BCUT2D eigenvalue weighted by Crippen LogP contribution is 2.16. The molecule has 0 fully saturated rings. The molecule has 0 aliphatic carbocycles. The lowest BCUT2D eigenvalue weighted by atomic mass is 10.1. The number of guanidine groups is 1. The molecule has 3 N–H and O–H groups in total. The van der Waals surface area contributed by atoms with Crippen LogP contribution in [0.4, 0.5) is 5.69 Å². The van der Waals surface area contributed by atoms with Gasteiger partial charge in [0, 0.05) is 13.1 Å². The molecule has 0 radical (unpaired) electrons. The van der Waals surface area contributed by atoms with Crippen molar-refractivity contribution in [2.75, 3.05) is 17.5 Å². The van der Waals surface area contributed by atoms with E-state index >= 15 is 0 Å². The van der Waals surface area contributed by atoms with Crippen LogP contribution in [0.15, 0.2) is 53.5 Å². The third-order valence-corrected chi connectivity index (χ3v) is 4.20. The number of benzene rings is 2. The summed E-state index contributed by atoms with van der Waals surface area (Å²) in [6.45, 7) is 5.83. The number of rotatable bonds is 7. The van der Waals surface area contributed by atoms with E-state index in [1.54, 1.807) is 12.1 Å². The predicted molar refractivity (Wildman–Crippen MR) is 123 cm³/mol. The first kappa shape index (κ1) is 23.2. The maximum absolute atomic E-state index is 11.5. The quantitative estimate of drug-likeness (QED) is 0.309. The van der Waals surface area contributed by atoms with Crippen molar-refractivity contribution in [3.8, 4) is 0 Å². The van der Waals surface area contributed by atoms with Crippen LogP contribution in [0.1, 0.15) is 23.6 Å². The number of aryl methyl sites for hydroxylation is 1. The normalized spacial score (nSPS) is 11.4. The van der Waals surface area contributed by atoms with Crippen LogP contribution in [0.2, 0.25) is 0 Å². The van der Waals surface area contributed by atoms with Crippen LogP contribution in [-0.2, 0) is 23.1 Å². The standard InChI is InChI=1S/C19H26N4O2S.HI/c1-4-20-19(21-13-16-9-7-8-15(2)12-16)22-14-17-10-5-6-11-18(17)23-26(3,24)25;/h5-12,23H,4,13-14H2,1-3H3,(H2,20,21,22);1H. The summed E-state index contributed by atoms with van der Waals surface area (Å²) in [5.74, 6) is 0.683. The van der Waals surface area contributed by atoms with E-state index < -0.39 is 10.0 Å². The lowest BCUT2D eigenvalue weighted by molar-refractivity contribution is 0.606. The Kier molecular flexibility index (Phi) is 9.57. The maximum atomic E-state index is 11.5. The van der Waals surface area contributed by atoms with Crippen LogP contribution in [0.25, 0.3) is 0 Å². The zero-order valence-corrected chi connectivity index (χ0v) is 19.0. The van der Waals surface area contributed by atoms with Crippen molar-refractivity contribution in [2.45, 2.75) is 26.9 Å². The average Bonchev–Trinajstić information content (AvgIpc) is 2.57. The number of nitrogens with one attached hydrogen (secondary N) is 3. The molecule has 0 amide bonds. The van der Waals surface area contributed by atoms with Gasteiger partial charge in [-0.05, 0) is 31.0 Å². The second-order valence-electron chi connectivity index (χ2n) is 6.07. The van der Waals surface area contributed by atoms with Crippen molar-refractivity contribution in [3.63, 3.8) is 0 Å². The van der Waals surface area contributed by atoms with E-state index in [1.165, 1.54) is 5.56 Å². The van der Waals surface area contributed by atoms with Crippen molar-refractivity contribution >= 4 is 45.6 Å². The van der Waals surface area contributed by atoms with Gasteiger partial charge in [-0.15, -0.1) is 24.0 Å². The zero-order chi connectivity index (χ0) is 19.0. The van der Waals surface area contributed by atoms with Gasteiger partial charge in [-0.1, -0.05) is 48.0 Å². The fourth-order valence-electron chi connectivity index (χ4n) is 2.48. The molecule has 0 atom stereocenters. The number of hydrogen-bond acceptors (Lipinski definition) is 3. The Bertz CT molecular complexity index is 870. The molecule has 8 heteroatoms. The average molecular weight is 502 g/mol. The molecule has 0 aromatic heterocycles. The molecule has 0 spiro atoms. The lowest BCUT2D eigenvalue weighted by Gasteiger charge is -2.14. The largest absolute Gasteiger partial charge is 0.357 e. The van der Waals surface area contributed by atoms with Gasteiger partial charge in [0.1, 0.15) is 0 Å². The Hall–Kier alpha value is -1.81. The molecule has 148 valence electrons. The van der Waals surface area contributed by atoms with Crippen molar-refractivity contribution in [1.82, 2.24) is 10.6 Å². The monoisotopic (exact) mass is 502 g/mol. The topological polar surface area (TPSA) is 82.6 Å². The fourth-order valence-corrected chi connectivity index (χ4v) is 3.07. The molecule has 2 aromatic carbocycles. The number of hydrogen-bond donors (Lipinski definition) is 3. The van der Waals surface area contributed by atoms with E-state index in [-0.39, 0.29) is 24.0 Å². The molecule has 27 heavy (non-hydrogen) atoms. The van der Waals surface area contributed by atoms with Gasteiger partial charge >= 0.3 is 0 Å². The molecular weight excluding hydrogens is 475 g/mol. The van der Waals surface area contributed by atoms with E-state index in [0.29, 0.717) is 24.7 Å². The number of para-hydroxylation sites is 1. The van der Waals surface area contributed by atoms with Gasteiger partial charge in [0.05, 0.1) is 18.5 Å². The van der Waals surface area contributed by atoms with E-state index in [0.717, 1.165) is 23.9 Å². The summed E-state index contributed by atoms with van der Waals surface area (Å²) in [5.41, 5.74) is 3.76. The van der Waals surface area contributed by atoms with Crippen molar-refractivity contribution in [1.29, 1.82) is 0 Å². The van der Waals surface area contributed by atoms with Crippen molar-refractivity contribution < 1.29 is 8.42 Å². The molecule has 0 saturated heterocycles. The highest BCUT2D eigenvalue weighted by Gasteiger charge is 2.07. The Balaban J connectivity index is 0.00000364. The second kappa shape index (κ2) is 11.1. The van der Waals surface area contributed by atoms with Gasteiger partial charge in [0.15, 0.2) is 5.96 Å². The smallest absolute Gasteiger partial charge is 0.229 e. The molecule has 0 aliphatic rings. The molecule has 0 aliphatic heterocycles. The Morgan fingerprint density at radius 3 is 2.48 bits per heavy atom. The van der Waals surface area contributed by atoms with Crippen molar-refractivity contribution in [3.05, 3.63) is 65.2 Å². The molecule has 0 bridgehead atoms. The van der Waals surface area contributed by atoms with Gasteiger partial charge in [0.25, 0.3) is 0 Å². The number of anilines is 1. The molecule has 2 rings (SSSR count). The first-order chi connectivity index (χ1) is 12.4. The Morgan fingerprint density at radius 1 is 1.07 bits per heavy atom. The molecular formula is C19H27IN4O2S. The van der Waals surface area contributed by atoms with Gasteiger partial charge in [-0.2, -0.15) is 0 Å². The number of nitrogens with zero attached hydrogens (tertiary/aromatic N) is 1. The van der Waals surface area contributed by atoms with E-state index in [4.69, 9.17) is 0 Å². The summed E-state index contributed by atoms with van der Waals surface area (Å²) in [7, 11) is -3.32. The molecule has 2 aromatic rings. The zero-order valence-electron chi connectivity index (χ0n) is 15.8. The number of sulfonamides is 1. The summed E-state index contributed by atoms with van der Waals surface area (Å²) >= 11 is 0. The van der Waals surface area contributed by atoms with Crippen molar-refractivity contribution in [2.24, 2.45) is 4.99 Å². The summed E-state index contributed by atoms with van der Waals surface area (Å²) in [6.07, 6.45) is 1.14. The third-order valence-electron chi connectivity index (χ3n) is 3.61. The minimum absolute atomic E-state index is 0. The Morgan fingerprint density at radius 2 is 1.81 bits per heavy atom. The lowest BCUT2D eigenvalue weighted by Crippen LogP contribution is -2.37. The van der Waals surface area contributed by atoms with Crippen LogP contribution in [0, 0.1) is 6.92 Å². The molecule has 0 heterocycles. The number of aliphatic imine (C=N–C) groups is 1. The summed E-state index contributed by atoms with van der Waals surface area (Å²) in [4.78, 5) is 4.60. The van der Waals surface area contributed by atoms with Crippen LogP contribution in [0.3, 0.4) is 0 Å². The van der Waals surface area contributed by atoms with Crippen LogP contribution in [-0.4, -0.2) is 27.2 Å². The highest BCUT2D eigenvalue weighted by molar-refractivity contribution is 14.0. The predicted octanol–water partition coefficient (Wildman–Crippen LogP) is 3.24. The first-order valence-corrected chi connectivity index (χ1v) is 10.4. The first-order valence-electron chi connectivity index (χ1n) is 8.51. The molecule has 0 saturated carbocycles. The molecule has 0 unspecified atom stereocenters. The summed E-state index contributed by atoms with van der Waals surface area (Å²) < 4.78 is 25.6. The van der Waals surface area contributed by atoms with Crippen LogP contribution in [0.5, 0.6) is 0 Å². The van der Waals surface area contributed by atoms with Gasteiger partial charge in [-0.25, -0.2) is 13.4 Å². The summed E-state index contributed by atoms with van der Waals surface area (Å²) in [5, 5.41) is 6.46. The van der Waals surface area contributed by atoms with Crippen LogP contribution >= 0.6 is 24.0 Å². The van der Waals surface area contributed by atoms with E-state index in [2.05, 4.69) is 39.4 Å². The minimum atomic E-state index is -3.32. The Labute approximate surface area is 178 Å². The van der Waals surface area contributed by atoms with Gasteiger partial charge in [0.2, 0.25) is 10.0 Å². The van der Waals surface area contributed by atoms with Gasteiger partial charge in [-0.3, -0.25) is 4.72 Å². The number of halogens is 1. The second-order valence-corrected chi connectivity index (χ2v) is 7.82.